The van der Waals surface area contributed by atoms with Crippen LogP contribution in [0.2, 0.25) is 0 Å². The molecule has 1 atom stereocenters. The fraction of sp³-hybridized carbons (Fsp3) is 0.296. The molecule has 6 nitrogen and oxygen atoms in total. The Kier molecular flexibility index (Phi) is 7.03. The first kappa shape index (κ1) is 22.5. The van der Waals surface area contributed by atoms with Crippen molar-refractivity contribution >= 4 is 5.91 Å². The van der Waals surface area contributed by atoms with Gasteiger partial charge in [-0.05, 0) is 59.5 Å². The molecule has 1 aliphatic rings. The summed E-state index contributed by atoms with van der Waals surface area (Å²) in [7, 11) is 4.88. The van der Waals surface area contributed by atoms with Crippen molar-refractivity contribution in [2.45, 2.75) is 18.9 Å². The monoisotopic (exact) mass is 447 g/mol. The first-order valence-electron chi connectivity index (χ1n) is 11.0. The van der Waals surface area contributed by atoms with Crippen LogP contribution in [-0.4, -0.2) is 45.3 Å². The zero-order valence-corrected chi connectivity index (χ0v) is 19.2. The molecule has 4 rings (SSSR count). The van der Waals surface area contributed by atoms with Gasteiger partial charge in [-0.2, -0.15) is 0 Å². The van der Waals surface area contributed by atoms with Crippen molar-refractivity contribution in [2.24, 2.45) is 0 Å². The highest BCUT2D eigenvalue weighted by molar-refractivity contribution is 5.79. The Balaban J connectivity index is 1.63. The quantitative estimate of drug-likeness (QED) is 0.510. The van der Waals surface area contributed by atoms with Gasteiger partial charge in [-0.3, -0.25) is 4.79 Å². The summed E-state index contributed by atoms with van der Waals surface area (Å²) in [6.07, 6.45) is 1.09. The Morgan fingerprint density at radius 2 is 1.55 bits per heavy atom. The smallest absolute Gasteiger partial charge is 0.227 e. The zero-order valence-electron chi connectivity index (χ0n) is 19.2. The van der Waals surface area contributed by atoms with Crippen molar-refractivity contribution in [2.75, 3.05) is 34.5 Å². The molecule has 0 fully saturated rings. The van der Waals surface area contributed by atoms with Gasteiger partial charge in [0.1, 0.15) is 18.1 Å². The minimum atomic E-state index is -0.244. The number of benzene rings is 3. The van der Waals surface area contributed by atoms with E-state index in [0.717, 1.165) is 34.6 Å². The Morgan fingerprint density at radius 3 is 2.21 bits per heavy atom. The Labute approximate surface area is 194 Å². The average molecular weight is 448 g/mol. The van der Waals surface area contributed by atoms with E-state index in [4.69, 9.17) is 18.9 Å². The first-order valence-corrected chi connectivity index (χ1v) is 11.0. The largest absolute Gasteiger partial charge is 0.497 e. The van der Waals surface area contributed by atoms with Gasteiger partial charge in [0.05, 0.1) is 33.8 Å². The van der Waals surface area contributed by atoms with Gasteiger partial charge >= 0.3 is 0 Å². The summed E-state index contributed by atoms with van der Waals surface area (Å²) in [5, 5.41) is 0. The Bertz CT molecular complexity index is 1080. The molecule has 6 heteroatoms. The number of fused-ring (bicyclic) bond motifs is 1. The van der Waals surface area contributed by atoms with Crippen LogP contribution in [0.15, 0.2) is 66.7 Å². The van der Waals surface area contributed by atoms with Crippen molar-refractivity contribution in [1.29, 1.82) is 0 Å². The van der Waals surface area contributed by atoms with Crippen LogP contribution < -0.4 is 18.9 Å². The predicted octanol–water partition coefficient (Wildman–Crippen LogP) is 4.46. The summed E-state index contributed by atoms with van der Waals surface area (Å²) < 4.78 is 22.4. The van der Waals surface area contributed by atoms with E-state index in [9.17, 15) is 4.79 Å². The van der Waals surface area contributed by atoms with Gasteiger partial charge in [-0.1, -0.05) is 30.3 Å². The van der Waals surface area contributed by atoms with E-state index in [1.807, 2.05) is 71.6 Å². The highest BCUT2D eigenvalue weighted by atomic mass is 16.5. The number of amides is 1. The van der Waals surface area contributed by atoms with Gasteiger partial charge in [0.2, 0.25) is 5.91 Å². The minimum absolute atomic E-state index is 0.0740. The molecule has 0 N–H and O–H groups in total. The summed E-state index contributed by atoms with van der Waals surface area (Å²) in [6, 6.07) is 21.0. The fourth-order valence-corrected chi connectivity index (χ4v) is 4.23. The molecule has 0 unspecified atom stereocenters. The van der Waals surface area contributed by atoms with Crippen LogP contribution in [-0.2, 0) is 17.6 Å². The second kappa shape index (κ2) is 10.3. The molecular formula is C27H29NO5. The molecule has 0 bridgehead atoms. The van der Waals surface area contributed by atoms with Crippen molar-refractivity contribution < 1.29 is 23.7 Å². The maximum absolute atomic E-state index is 13.4. The number of hydrogen-bond acceptors (Lipinski definition) is 5. The van der Waals surface area contributed by atoms with Gasteiger partial charge in [-0.15, -0.1) is 0 Å². The zero-order chi connectivity index (χ0) is 23.2. The Morgan fingerprint density at radius 1 is 0.879 bits per heavy atom. The molecule has 3 aromatic rings. The third-order valence-electron chi connectivity index (χ3n) is 5.99. The molecule has 0 aromatic heterocycles. The van der Waals surface area contributed by atoms with E-state index in [1.165, 1.54) is 0 Å². The predicted molar refractivity (Wildman–Crippen MR) is 126 cm³/mol. The van der Waals surface area contributed by atoms with Crippen LogP contribution in [0.25, 0.3) is 0 Å². The molecule has 0 saturated carbocycles. The second-order valence-electron chi connectivity index (χ2n) is 7.91. The molecule has 33 heavy (non-hydrogen) atoms. The topological polar surface area (TPSA) is 57.2 Å². The molecule has 1 amide bonds. The summed E-state index contributed by atoms with van der Waals surface area (Å²) in [4.78, 5) is 15.3. The van der Waals surface area contributed by atoms with Gasteiger partial charge < -0.3 is 23.8 Å². The highest BCUT2D eigenvalue weighted by Gasteiger charge is 2.32. The first-order chi connectivity index (χ1) is 16.1. The van der Waals surface area contributed by atoms with E-state index in [2.05, 4.69) is 0 Å². The number of nitrogens with zero attached hydrogens (tertiary/aromatic N) is 1. The normalized spacial score (nSPS) is 14.9. The summed E-state index contributed by atoms with van der Waals surface area (Å²) >= 11 is 0. The summed E-state index contributed by atoms with van der Waals surface area (Å²) in [5.41, 5.74) is 3.16. The fourth-order valence-electron chi connectivity index (χ4n) is 4.23. The third-order valence-corrected chi connectivity index (χ3v) is 5.99. The Hall–Kier alpha value is -3.67. The number of ether oxygens (including phenoxy) is 4. The van der Waals surface area contributed by atoms with Crippen LogP contribution in [0, 0.1) is 0 Å². The second-order valence-corrected chi connectivity index (χ2v) is 7.91. The molecule has 0 radical (unpaired) electrons. The van der Waals surface area contributed by atoms with Crippen LogP contribution in [0.1, 0.15) is 22.7 Å². The highest BCUT2D eigenvalue weighted by Crippen LogP contribution is 2.38. The van der Waals surface area contributed by atoms with Crippen LogP contribution in [0.3, 0.4) is 0 Å². The molecule has 0 saturated heterocycles. The van der Waals surface area contributed by atoms with Crippen molar-refractivity contribution in [1.82, 2.24) is 4.90 Å². The number of carbonyl (C=O) groups excluding carboxylic acids is 1. The number of carbonyl (C=O) groups is 1. The van der Waals surface area contributed by atoms with Gasteiger partial charge in [0.25, 0.3) is 0 Å². The van der Waals surface area contributed by atoms with Crippen molar-refractivity contribution in [3.05, 3.63) is 83.4 Å². The molecule has 0 spiro atoms. The number of methoxy groups -OCH3 is 3. The molecule has 172 valence electrons. The summed E-state index contributed by atoms with van der Waals surface area (Å²) in [6.45, 7) is 0.945. The molecule has 3 aromatic carbocycles. The van der Waals surface area contributed by atoms with Crippen LogP contribution in [0.4, 0.5) is 0 Å². The number of hydrogen-bond donors (Lipinski definition) is 0. The van der Waals surface area contributed by atoms with Gasteiger partial charge in [0.15, 0.2) is 11.5 Å². The molecule has 0 aliphatic carbocycles. The van der Waals surface area contributed by atoms with Gasteiger partial charge in [0, 0.05) is 6.54 Å². The van der Waals surface area contributed by atoms with E-state index in [0.29, 0.717) is 31.1 Å². The van der Waals surface area contributed by atoms with E-state index >= 15 is 0 Å². The lowest BCUT2D eigenvalue weighted by Gasteiger charge is -2.37. The van der Waals surface area contributed by atoms with Crippen LogP contribution in [0.5, 0.6) is 23.0 Å². The van der Waals surface area contributed by atoms with Crippen LogP contribution >= 0.6 is 0 Å². The van der Waals surface area contributed by atoms with Crippen molar-refractivity contribution in [3.63, 3.8) is 0 Å². The minimum Gasteiger partial charge on any atom is -0.497 e. The lowest BCUT2D eigenvalue weighted by molar-refractivity contribution is -0.134. The van der Waals surface area contributed by atoms with Gasteiger partial charge in [-0.25, -0.2) is 0 Å². The van der Waals surface area contributed by atoms with E-state index in [-0.39, 0.29) is 11.9 Å². The number of rotatable bonds is 8. The van der Waals surface area contributed by atoms with Crippen molar-refractivity contribution in [3.8, 4) is 23.0 Å². The average Bonchev–Trinajstić information content (AvgIpc) is 2.87. The molecule has 1 aliphatic heterocycles. The lowest BCUT2D eigenvalue weighted by Crippen LogP contribution is -2.43. The lowest BCUT2D eigenvalue weighted by atomic mass is 9.91. The van der Waals surface area contributed by atoms with E-state index in [1.54, 1.807) is 21.3 Å². The summed E-state index contributed by atoms with van der Waals surface area (Å²) in [5.74, 6) is 2.89. The third kappa shape index (κ3) is 5.06. The van der Waals surface area contributed by atoms with E-state index < -0.39 is 0 Å². The molecular weight excluding hydrogens is 418 g/mol. The maximum Gasteiger partial charge on any atom is 0.227 e. The molecule has 1 heterocycles. The SMILES string of the molecule is COc1ccc(OC[C@@H]2c3cc(OC)c(OC)cc3CCN2C(=O)Cc2ccccc2)cc1. The maximum atomic E-state index is 13.4. The standard InChI is InChI=1S/C27H29NO5/c1-30-21-9-11-22(12-10-21)33-18-24-23-17-26(32-3)25(31-2)16-20(23)13-14-28(24)27(29)15-19-7-5-4-6-8-19/h4-12,16-17,24H,13-15,18H2,1-3H3/t24-/m1/s1.